The molecule has 0 spiro atoms. The third-order valence-electron chi connectivity index (χ3n) is 2.78. The van der Waals surface area contributed by atoms with Gasteiger partial charge < -0.3 is 10.2 Å². The molecule has 2 aromatic rings. The second-order valence-corrected chi connectivity index (χ2v) is 4.55. The number of nitrogens with two attached hydrogens (primary N) is 1. The molecule has 0 radical (unpaired) electrons. The molecular formula is C14H19N3O. The molecule has 0 saturated carbocycles. The third-order valence-corrected chi connectivity index (χ3v) is 2.78. The summed E-state index contributed by atoms with van der Waals surface area (Å²) in [6.45, 7) is 4.07. The van der Waals surface area contributed by atoms with Gasteiger partial charge in [-0.1, -0.05) is 6.07 Å². The smallest absolute Gasteiger partial charge is 0.118 e. The molecule has 0 atom stereocenters. The minimum Gasteiger partial charge on any atom is -0.465 e. The van der Waals surface area contributed by atoms with Gasteiger partial charge in [0.05, 0.1) is 12.2 Å². The summed E-state index contributed by atoms with van der Waals surface area (Å²) in [4.78, 5) is 6.55. The number of hydrogen-bond donors (Lipinski definition) is 1. The SMILES string of the molecule is Cc1ccc(CN(C)Cc2ccc(CN)cn2)o1. The van der Waals surface area contributed by atoms with Crippen molar-refractivity contribution in [2.24, 2.45) is 5.73 Å². The Hall–Kier alpha value is -1.65. The first-order chi connectivity index (χ1) is 8.67. The Bertz CT molecular complexity index is 490. The summed E-state index contributed by atoms with van der Waals surface area (Å²) in [7, 11) is 2.05. The topological polar surface area (TPSA) is 55.3 Å². The molecule has 2 N–H and O–H groups in total. The summed E-state index contributed by atoms with van der Waals surface area (Å²) in [5.41, 5.74) is 7.64. The van der Waals surface area contributed by atoms with Crippen LogP contribution < -0.4 is 5.73 Å². The second-order valence-electron chi connectivity index (χ2n) is 4.55. The van der Waals surface area contributed by atoms with Crippen molar-refractivity contribution in [3.05, 3.63) is 53.2 Å². The van der Waals surface area contributed by atoms with Crippen molar-refractivity contribution in [3.63, 3.8) is 0 Å². The normalized spacial score (nSPS) is 11.1. The highest BCUT2D eigenvalue weighted by Crippen LogP contribution is 2.10. The maximum atomic E-state index is 5.55. The fourth-order valence-electron chi connectivity index (χ4n) is 1.84. The van der Waals surface area contributed by atoms with Gasteiger partial charge in [0.1, 0.15) is 11.5 Å². The largest absolute Gasteiger partial charge is 0.465 e. The maximum Gasteiger partial charge on any atom is 0.118 e. The molecule has 0 aliphatic carbocycles. The molecule has 2 heterocycles. The van der Waals surface area contributed by atoms with Crippen LogP contribution in [0.5, 0.6) is 0 Å². The fraction of sp³-hybridized carbons (Fsp3) is 0.357. The van der Waals surface area contributed by atoms with Gasteiger partial charge in [-0.25, -0.2) is 0 Å². The van der Waals surface area contributed by atoms with Gasteiger partial charge in [-0.15, -0.1) is 0 Å². The lowest BCUT2D eigenvalue weighted by Gasteiger charge is -2.14. The van der Waals surface area contributed by atoms with Crippen LogP contribution in [0.1, 0.15) is 22.8 Å². The molecule has 0 saturated heterocycles. The molecule has 0 fully saturated rings. The maximum absolute atomic E-state index is 5.55. The minimum atomic E-state index is 0.536. The molecule has 2 rings (SSSR count). The summed E-state index contributed by atoms with van der Waals surface area (Å²) in [6.07, 6.45) is 1.83. The van der Waals surface area contributed by atoms with Crippen LogP contribution in [0.15, 0.2) is 34.9 Å². The van der Waals surface area contributed by atoms with Gasteiger partial charge in [-0.05, 0) is 37.7 Å². The van der Waals surface area contributed by atoms with Crippen LogP contribution in [-0.2, 0) is 19.6 Å². The molecule has 0 aromatic carbocycles. The van der Waals surface area contributed by atoms with E-state index in [4.69, 9.17) is 10.2 Å². The van der Waals surface area contributed by atoms with Crippen molar-refractivity contribution in [2.75, 3.05) is 7.05 Å². The number of pyridine rings is 1. The van der Waals surface area contributed by atoms with E-state index in [9.17, 15) is 0 Å². The Kier molecular flexibility index (Phi) is 4.12. The highest BCUT2D eigenvalue weighted by molar-refractivity contribution is 5.13. The predicted molar refractivity (Wildman–Crippen MR) is 70.7 cm³/mol. The molecule has 4 heteroatoms. The molecule has 0 aliphatic heterocycles. The molecule has 0 amide bonds. The summed E-state index contributed by atoms with van der Waals surface area (Å²) in [5, 5.41) is 0. The van der Waals surface area contributed by atoms with Crippen LogP contribution in [-0.4, -0.2) is 16.9 Å². The van der Waals surface area contributed by atoms with E-state index in [1.165, 1.54) is 0 Å². The lowest BCUT2D eigenvalue weighted by atomic mass is 10.2. The number of nitrogens with zero attached hydrogens (tertiary/aromatic N) is 2. The van der Waals surface area contributed by atoms with Crippen LogP contribution in [0.4, 0.5) is 0 Å². The quantitative estimate of drug-likeness (QED) is 0.876. The molecule has 96 valence electrons. The van der Waals surface area contributed by atoms with E-state index in [-0.39, 0.29) is 0 Å². The van der Waals surface area contributed by atoms with Crippen molar-refractivity contribution >= 4 is 0 Å². The Balaban J connectivity index is 1.91. The zero-order valence-corrected chi connectivity index (χ0v) is 10.9. The molecular weight excluding hydrogens is 226 g/mol. The summed E-state index contributed by atoms with van der Waals surface area (Å²) >= 11 is 0. The van der Waals surface area contributed by atoms with Gasteiger partial charge in [0.15, 0.2) is 0 Å². The monoisotopic (exact) mass is 245 g/mol. The van der Waals surface area contributed by atoms with Crippen LogP contribution in [0.3, 0.4) is 0 Å². The van der Waals surface area contributed by atoms with E-state index >= 15 is 0 Å². The predicted octanol–water partition coefficient (Wildman–Crippen LogP) is 2.07. The highest BCUT2D eigenvalue weighted by Gasteiger charge is 2.05. The van der Waals surface area contributed by atoms with Gasteiger partial charge in [0.25, 0.3) is 0 Å². The van der Waals surface area contributed by atoms with Crippen molar-refractivity contribution in [1.29, 1.82) is 0 Å². The van der Waals surface area contributed by atoms with Gasteiger partial charge in [0, 0.05) is 19.3 Å². The number of furan rings is 1. The molecule has 0 aliphatic rings. The zero-order chi connectivity index (χ0) is 13.0. The zero-order valence-electron chi connectivity index (χ0n) is 10.9. The first-order valence-corrected chi connectivity index (χ1v) is 6.05. The lowest BCUT2D eigenvalue weighted by Crippen LogP contribution is -2.17. The van der Waals surface area contributed by atoms with E-state index in [0.29, 0.717) is 6.54 Å². The van der Waals surface area contributed by atoms with Crippen LogP contribution in [0.2, 0.25) is 0 Å². The Morgan fingerprint density at radius 3 is 2.61 bits per heavy atom. The van der Waals surface area contributed by atoms with E-state index < -0.39 is 0 Å². The van der Waals surface area contributed by atoms with E-state index in [1.807, 2.05) is 37.4 Å². The average Bonchev–Trinajstić information content (AvgIpc) is 2.75. The number of hydrogen-bond acceptors (Lipinski definition) is 4. The van der Waals surface area contributed by atoms with Gasteiger partial charge in [-0.2, -0.15) is 0 Å². The molecule has 0 unspecified atom stereocenters. The first-order valence-electron chi connectivity index (χ1n) is 6.05. The summed E-state index contributed by atoms with van der Waals surface area (Å²) in [5.74, 6) is 1.93. The van der Waals surface area contributed by atoms with Crippen LogP contribution >= 0.6 is 0 Å². The van der Waals surface area contributed by atoms with Gasteiger partial charge in [-0.3, -0.25) is 9.88 Å². The third kappa shape index (κ3) is 3.42. The van der Waals surface area contributed by atoms with Crippen LogP contribution in [0, 0.1) is 6.92 Å². The number of aromatic nitrogens is 1. The van der Waals surface area contributed by atoms with E-state index in [1.54, 1.807) is 0 Å². The first kappa shape index (κ1) is 12.8. The fourth-order valence-corrected chi connectivity index (χ4v) is 1.84. The highest BCUT2D eigenvalue weighted by atomic mass is 16.3. The van der Waals surface area contributed by atoms with E-state index in [0.717, 1.165) is 35.9 Å². The number of aryl methyl sites for hydroxylation is 1. The molecule has 0 bridgehead atoms. The van der Waals surface area contributed by atoms with Gasteiger partial charge in [0.2, 0.25) is 0 Å². The van der Waals surface area contributed by atoms with Crippen LogP contribution in [0.25, 0.3) is 0 Å². The Labute approximate surface area is 107 Å². The Morgan fingerprint density at radius 1 is 1.22 bits per heavy atom. The van der Waals surface area contributed by atoms with E-state index in [2.05, 4.69) is 16.9 Å². The van der Waals surface area contributed by atoms with Crippen molar-refractivity contribution in [3.8, 4) is 0 Å². The molecule has 2 aromatic heterocycles. The van der Waals surface area contributed by atoms with Crippen molar-refractivity contribution in [1.82, 2.24) is 9.88 Å². The standard InChI is InChI=1S/C14H19N3O/c1-11-3-6-14(18-11)10-17(2)9-13-5-4-12(7-15)8-16-13/h3-6,8H,7,9-10,15H2,1-2H3. The number of rotatable bonds is 5. The Morgan fingerprint density at radius 2 is 2.06 bits per heavy atom. The minimum absolute atomic E-state index is 0.536. The average molecular weight is 245 g/mol. The second kappa shape index (κ2) is 5.80. The van der Waals surface area contributed by atoms with Crippen molar-refractivity contribution < 1.29 is 4.42 Å². The van der Waals surface area contributed by atoms with Gasteiger partial charge >= 0.3 is 0 Å². The molecule has 18 heavy (non-hydrogen) atoms. The molecule has 4 nitrogen and oxygen atoms in total. The lowest BCUT2D eigenvalue weighted by molar-refractivity contribution is 0.282. The summed E-state index contributed by atoms with van der Waals surface area (Å²) < 4.78 is 5.55. The summed E-state index contributed by atoms with van der Waals surface area (Å²) in [6, 6.07) is 8.04. The van der Waals surface area contributed by atoms with Crippen molar-refractivity contribution in [2.45, 2.75) is 26.6 Å².